The minimum Gasteiger partial charge on any atom is -0.308 e. The molecule has 2 aromatic heterocycles. The van der Waals surface area contributed by atoms with Crippen LogP contribution in [0.3, 0.4) is 0 Å². The molecule has 11 aromatic carbocycles. The van der Waals surface area contributed by atoms with Gasteiger partial charge >= 0.3 is 0 Å². The first-order chi connectivity index (χ1) is 33.6. The van der Waals surface area contributed by atoms with Crippen LogP contribution in [0.15, 0.2) is 247 Å². The van der Waals surface area contributed by atoms with E-state index in [0.717, 1.165) is 61.3 Å². The number of thiophene rings is 1. The number of benzene rings is 11. The number of rotatable bonds is 5. The van der Waals surface area contributed by atoms with Crippen molar-refractivity contribution in [3.63, 3.8) is 0 Å². The predicted octanol–water partition coefficient (Wildman–Crippen LogP) is 17.3. The molecular formula is C64H39N3S. The second kappa shape index (κ2) is 15.2. The first kappa shape index (κ1) is 38.6. The van der Waals surface area contributed by atoms with Crippen molar-refractivity contribution in [2.75, 3.05) is 0 Å². The van der Waals surface area contributed by atoms with Gasteiger partial charge < -0.3 is 4.57 Å². The highest BCUT2D eigenvalue weighted by molar-refractivity contribution is 7.26. The first-order valence-electron chi connectivity index (χ1n) is 23.1. The quantitative estimate of drug-likeness (QED) is 0.165. The van der Waals surface area contributed by atoms with Gasteiger partial charge in [-0.1, -0.05) is 176 Å². The molecular weight excluding hydrogens is 843 g/mol. The fourth-order valence-corrected chi connectivity index (χ4v) is 11.7. The Morgan fingerprint density at radius 3 is 1.74 bits per heavy atom. The normalized spacial score (nSPS) is 13.3. The van der Waals surface area contributed by atoms with Crippen molar-refractivity contribution in [2.45, 2.75) is 0 Å². The molecule has 0 amide bonds. The fraction of sp³-hybridized carbons (Fsp3) is 0. The summed E-state index contributed by atoms with van der Waals surface area (Å²) in [5, 5.41) is 14.4. The van der Waals surface area contributed by atoms with Gasteiger partial charge in [0.25, 0.3) is 0 Å². The zero-order valence-electron chi connectivity index (χ0n) is 36.8. The van der Waals surface area contributed by atoms with E-state index in [1.54, 1.807) is 0 Å². The third-order valence-corrected chi connectivity index (χ3v) is 15.0. The van der Waals surface area contributed by atoms with E-state index in [1.165, 1.54) is 74.2 Å². The van der Waals surface area contributed by atoms with Crippen molar-refractivity contribution in [3.8, 4) is 16.8 Å². The van der Waals surface area contributed by atoms with Crippen LogP contribution in [0.25, 0.3) is 108 Å². The smallest absolute Gasteiger partial charge is 0.160 e. The highest BCUT2D eigenvalue weighted by atomic mass is 32.1. The maximum Gasteiger partial charge on any atom is 0.160 e. The molecule has 0 N–H and O–H groups in total. The zero-order valence-corrected chi connectivity index (χ0v) is 37.6. The molecule has 0 saturated heterocycles. The molecule has 0 bridgehead atoms. The van der Waals surface area contributed by atoms with E-state index in [9.17, 15) is 0 Å². The molecule has 3 heterocycles. The summed E-state index contributed by atoms with van der Waals surface area (Å²) in [7, 11) is 0. The van der Waals surface area contributed by atoms with Crippen molar-refractivity contribution in [1.82, 2.24) is 4.57 Å². The minimum atomic E-state index is 0.634. The lowest BCUT2D eigenvalue weighted by Gasteiger charge is -2.18. The van der Waals surface area contributed by atoms with Gasteiger partial charge in [-0.25, -0.2) is 9.98 Å². The maximum atomic E-state index is 5.70. The van der Waals surface area contributed by atoms with Crippen molar-refractivity contribution in [3.05, 3.63) is 253 Å². The Balaban J connectivity index is 1.09. The van der Waals surface area contributed by atoms with E-state index in [1.807, 2.05) is 11.3 Å². The van der Waals surface area contributed by atoms with Gasteiger partial charge in [-0.05, 0) is 114 Å². The first-order valence-corrected chi connectivity index (χ1v) is 23.9. The lowest BCUT2D eigenvalue weighted by Crippen LogP contribution is -2.11. The number of hydrogen-bond donors (Lipinski definition) is 0. The highest BCUT2D eigenvalue weighted by Gasteiger charge is 2.26. The standard InChI is InChI=1S/C64H39N3S/c1-39-33-55(44-26-23-42(24-27-44)40-13-3-2-4-14-40)65-64(50-28-25-41-15-5-6-17-45(41)34-50)66-62(39)52-30-32-58-61(54-36-47-19-8-10-21-49(47)38-59(54)68-58)63(52)67-56-31-29-43-16-11-12-22-51(43)60(56)53-35-46-18-7-9-20-48(46)37-57(53)67/h2-38H,1H2. The monoisotopic (exact) mass is 881 g/mol. The van der Waals surface area contributed by atoms with Gasteiger partial charge in [0, 0.05) is 47.6 Å². The lowest BCUT2D eigenvalue weighted by molar-refractivity contribution is 1.20. The Kier molecular flexibility index (Phi) is 8.61. The average Bonchev–Trinajstić information content (AvgIpc) is 3.85. The van der Waals surface area contributed by atoms with E-state index in [4.69, 9.17) is 16.6 Å². The van der Waals surface area contributed by atoms with E-state index < -0.39 is 0 Å². The molecule has 0 fully saturated rings. The van der Waals surface area contributed by atoms with Gasteiger partial charge in [0.05, 0.1) is 28.1 Å². The summed E-state index contributed by atoms with van der Waals surface area (Å²) in [5.74, 6) is 0.634. The summed E-state index contributed by atoms with van der Waals surface area (Å²) in [6.45, 7) is 4.86. The van der Waals surface area contributed by atoms with Crippen LogP contribution < -0.4 is 0 Å². The fourth-order valence-electron chi connectivity index (χ4n) is 10.6. The topological polar surface area (TPSA) is 29.6 Å². The third-order valence-electron chi connectivity index (χ3n) is 13.8. The SMILES string of the molecule is C=C1C=C(c2ccc(-c3ccccc3)cc2)N=C(c2ccc3ccccc3c2)N=C1c1ccc2sc3cc4ccccc4cc3c2c1-n1c2cc3ccccc3cc2c2c3ccccc3ccc21. The van der Waals surface area contributed by atoms with Gasteiger partial charge in [-0.2, -0.15) is 0 Å². The molecule has 4 heteroatoms. The number of hydrogen-bond acceptors (Lipinski definition) is 3. The van der Waals surface area contributed by atoms with E-state index in [-0.39, 0.29) is 0 Å². The summed E-state index contributed by atoms with van der Waals surface area (Å²) in [6.07, 6.45) is 2.13. The summed E-state index contributed by atoms with van der Waals surface area (Å²) in [6, 6.07) is 79.1. The van der Waals surface area contributed by atoms with E-state index in [0.29, 0.717) is 5.84 Å². The van der Waals surface area contributed by atoms with Crippen LogP contribution in [0.1, 0.15) is 16.7 Å². The number of aromatic nitrogens is 1. The molecule has 316 valence electrons. The molecule has 13 aromatic rings. The van der Waals surface area contributed by atoms with Crippen LogP contribution in [0.5, 0.6) is 0 Å². The molecule has 0 radical (unpaired) electrons. The molecule has 14 rings (SSSR count). The zero-order chi connectivity index (χ0) is 44.9. The van der Waals surface area contributed by atoms with Crippen LogP contribution >= 0.6 is 11.3 Å². The van der Waals surface area contributed by atoms with Crippen LogP contribution in [0.4, 0.5) is 0 Å². The second-order valence-corrected chi connectivity index (χ2v) is 18.9. The summed E-state index contributed by atoms with van der Waals surface area (Å²) in [5.41, 5.74) is 11.0. The second-order valence-electron chi connectivity index (χ2n) is 17.8. The van der Waals surface area contributed by atoms with Gasteiger partial charge in [-0.3, -0.25) is 0 Å². The van der Waals surface area contributed by atoms with E-state index >= 15 is 0 Å². The van der Waals surface area contributed by atoms with Crippen LogP contribution in [-0.4, -0.2) is 16.1 Å². The largest absolute Gasteiger partial charge is 0.308 e. The summed E-state index contributed by atoms with van der Waals surface area (Å²) < 4.78 is 4.99. The number of allylic oxidation sites excluding steroid dienone is 2. The number of fused-ring (bicyclic) bond motifs is 11. The third kappa shape index (κ3) is 6.12. The van der Waals surface area contributed by atoms with Crippen molar-refractivity contribution < 1.29 is 0 Å². The highest BCUT2D eigenvalue weighted by Crippen LogP contribution is 2.46. The molecule has 68 heavy (non-hydrogen) atoms. The Labute approximate surface area is 396 Å². The minimum absolute atomic E-state index is 0.634. The Bertz CT molecular complexity index is 4370. The summed E-state index contributed by atoms with van der Waals surface area (Å²) in [4.78, 5) is 11.2. The Morgan fingerprint density at radius 1 is 0.382 bits per heavy atom. The molecule has 0 spiro atoms. The van der Waals surface area contributed by atoms with Crippen molar-refractivity contribution in [1.29, 1.82) is 0 Å². The van der Waals surface area contributed by atoms with Crippen LogP contribution in [0, 0.1) is 0 Å². The van der Waals surface area contributed by atoms with Gasteiger partial charge in [0.2, 0.25) is 0 Å². The Hall–Kier alpha value is -8.70. The Morgan fingerprint density at radius 2 is 0.971 bits per heavy atom. The van der Waals surface area contributed by atoms with E-state index in [2.05, 4.69) is 229 Å². The van der Waals surface area contributed by atoms with Crippen molar-refractivity contribution >= 4 is 114 Å². The molecule has 0 saturated carbocycles. The molecule has 3 nitrogen and oxygen atoms in total. The molecule has 0 atom stereocenters. The lowest BCUT2D eigenvalue weighted by atomic mass is 9.95. The number of aliphatic imine (C=N–C) groups is 2. The molecule has 0 aliphatic carbocycles. The van der Waals surface area contributed by atoms with Gasteiger partial charge in [-0.15, -0.1) is 11.3 Å². The average molecular weight is 882 g/mol. The molecule has 1 aliphatic heterocycles. The summed E-state index contributed by atoms with van der Waals surface area (Å²) >= 11 is 1.85. The maximum absolute atomic E-state index is 5.70. The molecule has 0 unspecified atom stereocenters. The van der Waals surface area contributed by atoms with Crippen LogP contribution in [-0.2, 0) is 0 Å². The number of nitrogens with zero attached hydrogens (tertiary/aromatic N) is 3. The van der Waals surface area contributed by atoms with Gasteiger partial charge in [0.15, 0.2) is 5.84 Å². The van der Waals surface area contributed by atoms with Crippen LogP contribution in [0.2, 0.25) is 0 Å². The predicted molar refractivity (Wildman–Crippen MR) is 292 cm³/mol. The molecule has 1 aliphatic rings. The van der Waals surface area contributed by atoms with Crippen molar-refractivity contribution in [2.24, 2.45) is 9.98 Å². The number of amidine groups is 1. The van der Waals surface area contributed by atoms with Gasteiger partial charge in [0.1, 0.15) is 0 Å².